The quantitative estimate of drug-likeness (QED) is 0.673. The van der Waals surface area contributed by atoms with Gasteiger partial charge in [-0.05, 0) is 43.2 Å². The lowest BCUT2D eigenvalue weighted by atomic mass is 9.99. The molecule has 0 saturated carbocycles. The summed E-state index contributed by atoms with van der Waals surface area (Å²) in [4.78, 5) is 4.42. The van der Waals surface area contributed by atoms with E-state index in [1.807, 2.05) is 13.0 Å². The van der Waals surface area contributed by atoms with Gasteiger partial charge in [0.15, 0.2) is 0 Å². The molecule has 1 aromatic carbocycles. The van der Waals surface area contributed by atoms with Crippen LogP contribution < -0.4 is 15.8 Å². The molecule has 1 aliphatic heterocycles. The van der Waals surface area contributed by atoms with Crippen LogP contribution in [0.3, 0.4) is 0 Å². The van der Waals surface area contributed by atoms with Gasteiger partial charge in [-0.25, -0.2) is 9.37 Å². The van der Waals surface area contributed by atoms with Gasteiger partial charge in [0.25, 0.3) is 0 Å². The summed E-state index contributed by atoms with van der Waals surface area (Å²) >= 11 is 5.81. The smallest absolute Gasteiger partial charge is 0.128 e. The van der Waals surface area contributed by atoms with Gasteiger partial charge in [-0.3, -0.25) is 0 Å². The predicted molar refractivity (Wildman–Crippen MR) is 105 cm³/mol. The van der Waals surface area contributed by atoms with Crippen LogP contribution in [0.25, 0.3) is 0 Å². The van der Waals surface area contributed by atoms with E-state index in [1.54, 1.807) is 6.07 Å². The molecule has 0 spiro atoms. The van der Waals surface area contributed by atoms with Crippen LogP contribution in [0.15, 0.2) is 30.3 Å². The summed E-state index contributed by atoms with van der Waals surface area (Å²) in [7, 11) is 0. The number of nitrogen functional groups attached to an aromatic ring is 1. The Bertz CT molecular complexity index is 734. The molecule has 3 N–H and O–H groups in total. The van der Waals surface area contributed by atoms with Crippen molar-refractivity contribution in [3.63, 3.8) is 0 Å². The fourth-order valence-corrected chi connectivity index (χ4v) is 3.56. The second-order valence-corrected chi connectivity index (χ2v) is 7.34. The van der Waals surface area contributed by atoms with Gasteiger partial charge >= 0.3 is 0 Å². The van der Waals surface area contributed by atoms with Crippen LogP contribution in [0.5, 0.6) is 5.75 Å². The van der Waals surface area contributed by atoms with E-state index >= 15 is 0 Å². The molecule has 0 aliphatic carbocycles. The first kappa shape index (κ1) is 19.9. The summed E-state index contributed by atoms with van der Waals surface area (Å²) in [6.07, 6.45) is 1.69. The molecule has 5 nitrogen and oxygen atoms in total. The zero-order valence-electron chi connectivity index (χ0n) is 15.4. The SMILES string of the molecule is Cc1cc(N)nc(C[C@@H]2CNC[C@@H]2OCCCOc2cc(F)cc(Cl)c2)c1. The number of nitrogens with two attached hydrogens (primary N) is 1. The number of hydrogen-bond donors (Lipinski definition) is 2. The van der Waals surface area contributed by atoms with Gasteiger partial charge in [0.1, 0.15) is 17.4 Å². The number of halogens is 2. The van der Waals surface area contributed by atoms with Crippen LogP contribution in [-0.2, 0) is 11.2 Å². The minimum absolute atomic E-state index is 0.136. The lowest BCUT2D eigenvalue weighted by Crippen LogP contribution is -2.25. The highest BCUT2D eigenvalue weighted by Gasteiger charge is 2.28. The molecule has 2 atom stereocenters. The Morgan fingerprint density at radius 3 is 2.85 bits per heavy atom. The van der Waals surface area contributed by atoms with Gasteiger partial charge in [0.05, 0.1) is 19.3 Å². The van der Waals surface area contributed by atoms with Gasteiger partial charge in [0, 0.05) is 42.2 Å². The molecular weight excluding hydrogens is 369 g/mol. The highest BCUT2D eigenvalue weighted by atomic mass is 35.5. The van der Waals surface area contributed by atoms with Crippen molar-refractivity contribution >= 4 is 17.4 Å². The summed E-state index contributed by atoms with van der Waals surface area (Å²) in [5, 5.41) is 3.70. The standard InChI is InChI=1S/C20H25ClFN3O2/c1-13-5-17(25-20(23)6-13)7-14-11-24-12-19(14)27-4-2-3-26-18-9-15(21)8-16(22)10-18/h5-6,8-10,14,19,24H,2-4,7,11-12H2,1H3,(H2,23,25)/t14-,19+/m1/s1. The number of nitrogens with one attached hydrogen (secondary N) is 1. The molecule has 1 saturated heterocycles. The number of nitrogens with zero attached hydrogens (tertiary/aromatic N) is 1. The molecule has 2 heterocycles. The van der Waals surface area contributed by atoms with Gasteiger partial charge in [0.2, 0.25) is 0 Å². The molecule has 146 valence electrons. The zero-order valence-corrected chi connectivity index (χ0v) is 16.1. The van der Waals surface area contributed by atoms with Crippen molar-refractivity contribution in [1.82, 2.24) is 10.3 Å². The molecular formula is C20H25ClFN3O2. The largest absolute Gasteiger partial charge is 0.493 e. The first-order chi connectivity index (χ1) is 13.0. The fourth-order valence-electron chi connectivity index (χ4n) is 3.34. The lowest BCUT2D eigenvalue weighted by molar-refractivity contribution is 0.0312. The number of rotatable bonds is 8. The van der Waals surface area contributed by atoms with Crippen LogP contribution in [0.1, 0.15) is 17.7 Å². The third kappa shape index (κ3) is 6.06. The third-order valence-corrected chi connectivity index (χ3v) is 4.74. The Morgan fingerprint density at radius 2 is 2.07 bits per heavy atom. The van der Waals surface area contributed by atoms with E-state index in [0.29, 0.717) is 42.1 Å². The van der Waals surface area contributed by atoms with Crippen molar-refractivity contribution in [3.05, 3.63) is 52.4 Å². The second kappa shape index (κ2) is 9.35. The predicted octanol–water partition coefficient (Wildman–Crippen LogP) is 3.38. The highest BCUT2D eigenvalue weighted by molar-refractivity contribution is 6.30. The van der Waals surface area contributed by atoms with E-state index in [0.717, 1.165) is 30.8 Å². The van der Waals surface area contributed by atoms with E-state index in [2.05, 4.69) is 16.4 Å². The van der Waals surface area contributed by atoms with Crippen LogP contribution in [0, 0.1) is 18.7 Å². The Kier molecular flexibility index (Phi) is 6.88. The van der Waals surface area contributed by atoms with Crippen molar-refractivity contribution in [2.24, 2.45) is 5.92 Å². The Balaban J connectivity index is 1.42. The Hall–Kier alpha value is -1.89. The number of anilines is 1. The number of benzene rings is 1. The molecule has 0 unspecified atom stereocenters. The maximum absolute atomic E-state index is 13.3. The van der Waals surface area contributed by atoms with E-state index in [1.165, 1.54) is 12.1 Å². The van der Waals surface area contributed by atoms with Gasteiger partial charge in [-0.2, -0.15) is 0 Å². The molecule has 1 aliphatic rings. The monoisotopic (exact) mass is 393 g/mol. The average molecular weight is 394 g/mol. The van der Waals surface area contributed by atoms with Crippen LogP contribution in [-0.4, -0.2) is 37.4 Å². The summed E-state index contributed by atoms with van der Waals surface area (Å²) in [5.74, 6) is 0.951. The molecule has 3 rings (SSSR count). The van der Waals surface area contributed by atoms with Crippen molar-refractivity contribution in [2.45, 2.75) is 25.9 Å². The zero-order chi connectivity index (χ0) is 19.2. The summed E-state index contributed by atoms with van der Waals surface area (Å²) < 4.78 is 24.8. The minimum Gasteiger partial charge on any atom is -0.493 e. The van der Waals surface area contributed by atoms with Gasteiger partial charge in [-0.15, -0.1) is 0 Å². The Labute approximate surface area is 164 Å². The van der Waals surface area contributed by atoms with Crippen molar-refractivity contribution < 1.29 is 13.9 Å². The maximum Gasteiger partial charge on any atom is 0.128 e. The van der Waals surface area contributed by atoms with Crippen molar-refractivity contribution in [2.75, 3.05) is 32.0 Å². The second-order valence-electron chi connectivity index (χ2n) is 6.90. The molecule has 1 fully saturated rings. The average Bonchev–Trinajstić information content (AvgIpc) is 2.99. The molecule has 0 bridgehead atoms. The number of aryl methyl sites for hydroxylation is 1. The summed E-state index contributed by atoms with van der Waals surface area (Å²) in [6.45, 7) is 4.77. The highest BCUT2D eigenvalue weighted by Crippen LogP contribution is 2.21. The molecule has 1 aromatic heterocycles. The van der Waals surface area contributed by atoms with Gasteiger partial charge in [-0.1, -0.05) is 11.6 Å². The van der Waals surface area contributed by atoms with E-state index < -0.39 is 5.82 Å². The number of ether oxygens (including phenoxy) is 2. The van der Waals surface area contributed by atoms with E-state index in [4.69, 9.17) is 26.8 Å². The first-order valence-corrected chi connectivity index (χ1v) is 9.51. The fraction of sp³-hybridized carbons (Fsp3) is 0.450. The van der Waals surface area contributed by atoms with E-state index in [9.17, 15) is 4.39 Å². The topological polar surface area (TPSA) is 69.4 Å². The van der Waals surface area contributed by atoms with Crippen LogP contribution >= 0.6 is 11.6 Å². The molecule has 2 aromatic rings. The molecule has 7 heteroatoms. The Morgan fingerprint density at radius 1 is 1.22 bits per heavy atom. The lowest BCUT2D eigenvalue weighted by Gasteiger charge is -2.19. The first-order valence-electron chi connectivity index (χ1n) is 9.14. The minimum atomic E-state index is -0.404. The molecule has 27 heavy (non-hydrogen) atoms. The van der Waals surface area contributed by atoms with E-state index in [-0.39, 0.29) is 6.10 Å². The van der Waals surface area contributed by atoms with Gasteiger partial charge < -0.3 is 20.5 Å². The summed E-state index contributed by atoms with van der Waals surface area (Å²) in [5.41, 5.74) is 7.97. The number of hydrogen-bond acceptors (Lipinski definition) is 5. The maximum atomic E-state index is 13.3. The third-order valence-electron chi connectivity index (χ3n) is 4.52. The van der Waals surface area contributed by atoms with Crippen molar-refractivity contribution in [1.29, 1.82) is 0 Å². The summed E-state index contributed by atoms with van der Waals surface area (Å²) in [6, 6.07) is 8.12. The number of aromatic nitrogens is 1. The number of pyridine rings is 1. The van der Waals surface area contributed by atoms with Crippen molar-refractivity contribution in [3.8, 4) is 5.75 Å². The van der Waals surface area contributed by atoms with Crippen LogP contribution in [0.4, 0.5) is 10.2 Å². The van der Waals surface area contributed by atoms with Crippen LogP contribution in [0.2, 0.25) is 5.02 Å². The molecule has 0 radical (unpaired) electrons. The normalized spacial score (nSPS) is 19.4. The molecule has 0 amide bonds.